The lowest BCUT2D eigenvalue weighted by Gasteiger charge is -2.14. The van der Waals surface area contributed by atoms with Gasteiger partial charge in [0.2, 0.25) is 17.7 Å². The Morgan fingerprint density at radius 3 is 2.44 bits per heavy atom. The van der Waals surface area contributed by atoms with Gasteiger partial charge in [-0.05, 0) is 22.9 Å². The van der Waals surface area contributed by atoms with Gasteiger partial charge in [-0.25, -0.2) is 4.79 Å². The Morgan fingerprint density at radius 2 is 1.85 bits per heavy atom. The average molecular weight is 372 g/mol. The maximum absolute atomic E-state index is 12.0. The summed E-state index contributed by atoms with van der Waals surface area (Å²) in [7, 11) is 3.57. The standard InChI is InChI=1S/C17H20N6O4/c1-22(2)16-20-13(27-21-16)9-18-17(26)19-12-5-3-11(4-6-12)10-23-14(24)7-8-15(23)25/h3-6H,7-10H2,1-2H3,(H2,18,19,26). The minimum absolute atomic E-state index is 0.101. The first kappa shape index (κ1) is 18.4. The summed E-state index contributed by atoms with van der Waals surface area (Å²) in [5.41, 5.74) is 1.39. The fourth-order valence-electron chi connectivity index (χ4n) is 2.51. The molecule has 0 radical (unpaired) electrons. The van der Waals surface area contributed by atoms with Crippen LogP contribution in [0.4, 0.5) is 16.4 Å². The second-order valence-electron chi connectivity index (χ2n) is 6.26. The van der Waals surface area contributed by atoms with Crippen LogP contribution in [0.3, 0.4) is 0 Å². The first-order valence-corrected chi connectivity index (χ1v) is 8.39. The zero-order chi connectivity index (χ0) is 19.4. The molecule has 10 heteroatoms. The Labute approximate surface area is 155 Å². The highest BCUT2D eigenvalue weighted by Crippen LogP contribution is 2.17. The molecule has 2 aromatic rings. The molecule has 0 aliphatic carbocycles. The quantitative estimate of drug-likeness (QED) is 0.729. The van der Waals surface area contributed by atoms with Crippen LogP contribution in [-0.2, 0) is 22.7 Å². The number of likely N-dealkylation sites (tertiary alicyclic amines) is 1. The van der Waals surface area contributed by atoms with Crippen molar-refractivity contribution in [3.8, 4) is 0 Å². The Balaban J connectivity index is 1.49. The Hall–Kier alpha value is -3.43. The van der Waals surface area contributed by atoms with Gasteiger partial charge in [0.05, 0.1) is 13.1 Å². The summed E-state index contributed by atoms with van der Waals surface area (Å²) in [5, 5.41) is 9.06. The van der Waals surface area contributed by atoms with E-state index in [2.05, 4.69) is 20.8 Å². The SMILES string of the molecule is CN(C)c1noc(CNC(=O)Nc2ccc(CN3C(=O)CCC3=O)cc2)n1. The third-order valence-electron chi connectivity index (χ3n) is 3.96. The molecule has 0 bridgehead atoms. The molecule has 4 amide bonds. The Kier molecular flexibility index (Phi) is 5.34. The summed E-state index contributed by atoms with van der Waals surface area (Å²) in [5.74, 6) is 0.418. The number of carbonyl (C=O) groups excluding carboxylic acids is 3. The van der Waals surface area contributed by atoms with E-state index in [4.69, 9.17) is 4.52 Å². The highest BCUT2D eigenvalue weighted by Gasteiger charge is 2.28. The molecule has 0 saturated carbocycles. The van der Waals surface area contributed by atoms with E-state index < -0.39 is 6.03 Å². The number of nitrogens with zero attached hydrogens (tertiary/aromatic N) is 4. The molecule has 0 unspecified atom stereocenters. The van der Waals surface area contributed by atoms with E-state index in [1.54, 1.807) is 43.3 Å². The molecule has 2 N–H and O–H groups in total. The minimum Gasteiger partial charge on any atom is -0.344 e. The first-order valence-electron chi connectivity index (χ1n) is 8.39. The molecular formula is C17H20N6O4. The van der Waals surface area contributed by atoms with E-state index in [9.17, 15) is 14.4 Å². The van der Waals surface area contributed by atoms with Gasteiger partial charge in [-0.1, -0.05) is 12.1 Å². The molecule has 1 aliphatic heterocycles. The fraction of sp³-hybridized carbons (Fsp3) is 0.353. The molecule has 1 fully saturated rings. The predicted octanol–water partition coefficient (Wildman–Crippen LogP) is 1.11. The smallest absolute Gasteiger partial charge is 0.319 e. The lowest BCUT2D eigenvalue weighted by Crippen LogP contribution is -2.29. The van der Waals surface area contributed by atoms with E-state index >= 15 is 0 Å². The van der Waals surface area contributed by atoms with Gasteiger partial charge in [0.15, 0.2) is 0 Å². The normalized spacial score (nSPS) is 13.8. The number of hydrogen-bond donors (Lipinski definition) is 2. The highest BCUT2D eigenvalue weighted by atomic mass is 16.5. The molecule has 1 saturated heterocycles. The van der Waals surface area contributed by atoms with Gasteiger partial charge < -0.3 is 20.1 Å². The van der Waals surface area contributed by atoms with Gasteiger partial charge in [-0.2, -0.15) is 4.98 Å². The van der Waals surface area contributed by atoms with Crippen molar-refractivity contribution in [3.05, 3.63) is 35.7 Å². The van der Waals surface area contributed by atoms with Crippen LogP contribution in [0.25, 0.3) is 0 Å². The molecule has 3 rings (SSSR count). The first-order chi connectivity index (χ1) is 12.9. The molecule has 0 atom stereocenters. The number of nitrogens with one attached hydrogen (secondary N) is 2. The van der Waals surface area contributed by atoms with E-state index in [0.717, 1.165) is 5.56 Å². The number of rotatable bonds is 6. The molecule has 27 heavy (non-hydrogen) atoms. The van der Waals surface area contributed by atoms with E-state index in [1.165, 1.54) is 4.90 Å². The molecule has 2 heterocycles. The molecule has 142 valence electrons. The Bertz CT molecular complexity index is 829. The number of imide groups is 1. The molecule has 1 aromatic heterocycles. The summed E-state index contributed by atoms with van der Waals surface area (Å²) >= 11 is 0. The highest BCUT2D eigenvalue weighted by molar-refractivity contribution is 6.01. The summed E-state index contributed by atoms with van der Waals surface area (Å²) in [6, 6.07) is 6.51. The third kappa shape index (κ3) is 4.60. The zero-order valence-corrected chi connectivity index (χ0v) is 15.1. The Morgan fingerprint density at radius 1 is 1.19 bits per heavy atom. The second kappa shape index (κ2) is 7.85. The van der Waals surface area contributed by atoms with Crippen LogP contribution < -0.4 is 15.5 Å². The van der Waals surface area contributed by atoms with Gasteiger partial charge in [0.1, 0.15) is 0 Å². The van der Waals surface area contributed by atoms with Crippen molar-refractivity contribution < 1.29 is 18.9 Å². The zero-order valence-electron chi connectivity index (χ0n) is 15.1. The van der Waals surface area contributed by atoms with E-state index in [0.29, 0.717) is 17.5 Å². The van der Waals surface area contributed by atoms with Crippen molar-refractivity contribution in [2.45, 2.75) is 25.9 Å². The van der Waals surface area contributed by atoms with Crippen molar-refractivity contribution in [1.82, 2.24) is 20.4 Å². The van der Waals surface area contributed by atoms with Crippen LogP contribution in [0.15, 0.2) is 28.8 Å². The topological polar surface area (TPSA) is 121 Å². The number of benzene rings is 1. The lowest BCUT2D eigenvalue weighted by atomic mass is 10.2. The predicted molar refractivity (Wildman–Crippen MR) is 95.7 cm³/mol. The summed E-state index contributed by atoms with van der Waals surface area (Å²) in [4.78, 5) is 42.3. The van der Waals surface area contributed by atoms with Crippen LogP contribution in [0.5, 0.6) is 0 Å². The van der Waals surface area contributed by atoms with Crippen LogP contribution in [0.1, 0.15) is 24.3 Å². The molecule has 0 spiro atoms. The minimum atomic E-state index is -0.419. The molecular weight excluding hydrogens is 352 g/mol. The number of aromatic nitrogens is 2. The fourth-order valence-corrected chi connectivity index (χ4v) is 2.51. The van der Waals surface area contributed by atoms with Crippen molar-refractivity contribution >= 4 is 29.5 Å². The summed E-state index contributed by atoms with van der Waals surface area (Å²) < 4.78 is 5.02. The van der Waals surface area contributed by atoms with E-state index in [-0.39, 0.29) is 37.7 Å². The largest absolute Gasteiger partial charge is 0.344 e. The monoisotopic (exact) mass is 372 g/mol. The average Bonchev–Trinajstić information content (AvgIpc) is 3.24. The van der Waals surface area contributed by atoms with Gasteiger partial charge in [0.25, 0.3) is 5.95 Å². The van der Waals surface area contributed by atoms with Gasteiger partial charge in [-0.3, -0.25) is 14.5 Å². The van der Waals surface area contributed by atoms with Crippen LogP contribution in [-0.4, -0.2) is 47.0 Å². The third-order valence-corrected chi connectivity index (χ3v) is 3.96. The van der Waals surface area contributed by atoms with Crippen LogP contribution >= 0.6 is 0 Å². The van der Waals surface area contributed by atoms with Crippen LogP contribution in [0.2, 0.25) is 0 Å². The number of hydrogen-bond acceptors (Lipinski definition) is 7. The molecule has 1 aliphatic rings. The number of amides is 4. The van der Waals surface area contributed by atoms with Crippen molar-refractivity contribution in [3.63, 3.8) is 0 Å². The van der Waals surface area contributed by atoms with E-state index in [1.807, 2.05) is 0 Å². The van der Waals surface area contributed by atoms with Crippen molar-refractivity contribution in [1.29, 1.82) is 0 Å². The number of anilines is 2. The number of carbonyl (C=O) groups is 3. The molecule has 10 nitrogen and oxygen atoms in total. The molecule has 1 aromatic carbocycles. The summed E-state index contributed by atoms with van der Waals surface area (Å²) in [6.07, 6.45) is 0.545. The van der Waals surface area contributed by atoms with Gasteiger partial charge >= 0.3 is 6.03 Å². The second-order valence-corrected chi connectivity index (χ2v) is 6.26. The van der Waals surface area contributed by atoms with Gasteiger partial charge in [-0.15, -0.1) is 0 Å². The lowest BCUT2D eigenvalue weighted by molar-refractivity contribution is -0.139. The number of urea groups is 1. The van der Waals surface area contributed by atoms with Crippen molar-refractivity contribution in [2.75, 3.05) is 24.3 Å². The van der Waals surface area contributed by atoms with Crippen LogP contribution in [0, 0.1) is 0 Å². The maximum Gasteiger partial charge on any atom is 0.319 e. The van der Waals surface area contributed by atoms with Crippen molar-refractivity contribution in [2.24, 2.45) is 0 Å². The van der Waals surface area contributed by atoms with Gasteiger partial charge in [0, 0.05) is 32.6 Å². The maximum atomic E-state index is 12.0. The summed E-state index contributed by atoms with van der Waals surface area (Å²) in [6.45, 7) is 0.347.